The molecule has 2 fully saturated rings. The van der Waals surface area contributed by atoms with Crippen molar-refractivity contribution in [3.63, 3.8) is 0 Å². The first kappa shape index (κ1) is 11.6. The van der Waals surface area contributed by atoms with Gasteiger partial charge in [0.25, 0.3) is 0 Å². The van der Waals surface area contributed by atoms with E-state index in [-0.39, 0.29) is 18.1 Å². The minimum atomic E-state index is -0.0620. The third-order valence-electron chi connectivity index (χ3n) is 3.83. The van der Waals surface area contributed by atoms with Crippen LogP contribution in [0.15, 0.2) is 12.7 Å². The molecule has 0 saturated carbocycles. The summed E-state index contributed by atoms with van der Waals surface area (Å²) in [5.74, 6) is -0.0620. The van der Waals surface area contributed by atoms with Gasteiger partial charge in [-0.1, -0.05) is 0 Å². The smallest absolute Gasteiger partial charge is 0.323 e. The molecule has 0 aliphatic carbocycles. The molecule has 1 aromatic rings. The summed E-state index contributed by atoms with van der Waals surface area (Å²) in [6.07, 6.45) is 6.38. The minimum absolute atomic E-state index is 0.0510. The van der Waals surface area contributed by atoms with E-state index in [4.69, 9.17) is 4.74 Å². The lowest BCUT2D eigenvalue weighted by Gasteiger charge is -2.27. The summed E-state index contributed by atoms with van der Waals surface area (Å²) >= 11 is 0. The molecule has 6 heteroatoms. The molecule has 0 spiro atoms. The van der Waals surface area contributed by atoms with Crippen LogP contribution >= 0.6 is 0 Å². The fraction of sp³-hybridized carbons (Fsp3) is 0.750. The number of aromatic nitrogens is 3. The highest BCUT2D eigenvalue weighted by molar-refractivity contribution is 5.78. The molecule has 3 atom stereocenters. The van der Waals surface area contributed by atoms with Gasteiger partial charge in [0.15, 0.2) is 0 Å². The van der Waals surface area contributed by atoms with Crippen LogP contribution in [-0.2, 0) is 16.1 Å². The van der Waals surface area contributed by atoms with Crippen molar-refractivity contribution in [1.82, 2.24) is 19.7 Å². The molecule has 18 heavy (non-hydrogen) atoms. The third kappa shape index (κ3) is 2.12. The SMILES string of the molecule is C[C@@H]1C[C@@H](N2CCC[C@@H]2Cn2cncn2)C(=O)O1. The van der Waals surface area contributed by atoms with Crippen molar-refractivity contribution in [2.24, 2.45) is 0 Å². The topological polar surface area (TPSA) is 60.2 Å². The second-order valence-electron chi connectivity index (χ2n) is 5.15. The van der Waals surface area contributed by atoms with Crippen molar-refractivity contribution >= 4 is 5.97 Å². The Hall–Kier alpha value is -1.43. The van der Waals surface area contributed by atoms with Gasteiger partial charge in [0, 0.05) is 12.5 Å². The average molecular weight is 250 g/mol. The molecule has 0 unspecified atom stereocenters. The second kappa shape index (κ2) is 4.68. The van der Waals surface area contributed by atoms with Crippen molar-refractivity contribution < 1.29 is 9.53 Å². The minimum Gasteiger partial charge on any atom is -0.461 e. The van der Waals surface area contributed by atoms with Crippen LogP contribution in [0.5, 0.6) is 0 Å². The molecule has 1 aromatic heterocycles. The van der Waals surface area contributed by atoms with Crippen LogP contribution in [-0.4, -0.2) is 50.4 Å². The van der Waals surface area contributed by atoms with Gasteiger partial charge in [-0.3, -0.25) is 14.4 Å². The molecule has 0 amide bonds. The summed E-state index contributed by atoms with van der Waals surface area (Å²) < 4.78 is 7.09. The first-order valence-electron chi connectivity index (χ1n) is 6.52. The predicted octanol–water partition coefficient (Wildman–Crippen LogP) is 0.447. The van der Waals surface area contributed by atoms with E-state index in [1.807, 2.05) is 11.6 Å². The standard InChI is InChI=1S/C12H18N4O2/c1-9-5-11(12(17)18-9)16-4-2-3-10(16)6-15-8-13-7-14-15/h7-11H,2-6H2,1H3/t9-,10-,11-/m1/s1. The summed E-state index contributed by atoms with van der Waals surface area (Å²) in [6.45, 7) is 3.74. The first-order valence-corrected chi connectivity index (χ1v) is 6.52. The number of carbonyl (C=O) groups is 1. The van der Waals surface area contributed by atoms with Gasteiger partial charge in [0.2, 0.25) is 0 Å². The molecular weight excluding hydrogens is 232 g/mol. The third-order valence-corrected chi connectivity index (χ3v) is 3.83. The Morgan fingerprint density at radius 3 is 3.11 bits per heavy atom. The van der Waals surface area contributed by atoms with Crippen molar-refractivity contribution in [2.45, 2.75) is 50.9 Å². The van der Waals surface area contributed by atoms with E-state index in [9.17, 15) is 4.79 Å². The van der Waals surface area contributed by atoms with E-state index >= 15 is 0 Å². The quantitative estimate of drug-likeness (QED) is 0.729. The molecule has 0 aromatic carbocycles. The van der Waals surface area contributed by atoms with Gasteiger partial charge in [-0.25, -0.2) is 4.98 Å². The lowest BCUT2D eigenvalue weighted by molar-refractivity contribution is -0.145. The molecule has 0 bridgehead atoms. The number of carbonyl (C=O) groups excluding carboxylic acids is 1. The number of rotatable bonds is 3. The van der Waals surface area contributed by atoms with E-state index in [0.29, 0.717) is 6.04 Å². The second-order valence-corrected chi connectivity index (χ2v) is 5.15. The van der Waals surface area contributed by atoms with E-state index in [2.05, 4.69) is 15.0 Å². The number of likely N-dealkylation sites (tertiary alicyclic amines) is 1. The van der Waals surface area contributed by atoms with Crippen LogP contribution in [0, 0.1) is 0 Å². The van der Waals surface area contributed by atoms with Crippen molar-refractivity contribution in [1.29, 1.82) is 0 Å². The Morgan fingerprint density at radius 2 is 2.44 bits per heavy atom. The van der Waals surface area contributed by atoms with Gasteiger partial charge in [-0.2, -0.15) is 5.10 Å². The lowest BCUT2D eigenvalue weighted by atomic mass is 10.1. The van der Waals surface area contributed by atoms with Crippen LogP contribution < -0.4 is 0 Å². The van der Waals surface area contributed by atoms with Crippen LogP contribution in [0.2, 0.25) is 0 Å². The normalized spacial score (nSPS) is 32.9. The largest absolute Gasteiger partial charge is 0.461 e. The summed E-state index contributed by atoms with van der Waals surface area (Å²) in [5, 5.41) is 4.14. The Bertz CT molecular complexity index is 420. The molecule has 0 N–H and O–H groups in total. The lowest BCUT2D eigenvalue weighted by Crippen LogP contribution is -2.43. The highest BCUT2D eigenvalue weighted by Gasteiger charge is 2.41. The fourth-order valence-corrected chi connectivity index (χ4v) is 3.01. The maximum Gasteiger partial charge on any atom is 0.323 e. The highest BCUT2D eigenvalue weighted by atomic mass is 16.6. The molecular formula is C12H18N4O2. The molecule has 2 aliphatic rings. The number of nitrogens with zero attached hydrogens (tertiary/aromatic N) is 4. The molecule has 6 nitrogen and oxygen atoms in total. The van der Waals surface area contributed by atoms with Crippen LogP contribution in [0.1, 0.15) is 26.2 Å². The number of cyclic esters (lactones) is 1. The zero-order valence-corrected chi connectivity index (χ0v) is 10.5. The maximum atomic E-state index is 11.8. The Kier molecular flexibility index (Phi) is 3.03. The van der Waals surface area contributed by atoms with Gasteiger partial charge in [-0.05, 0) is 26.3 Å². The predicted molar refractivity (Wildman–Crippen MR) is 63.7 cm³/mol. The van der Waals surface area contributed by atoms with Crippen molar-refractivity contribution in [3.8, 4) is 0 Å². The van der Waals surface area contributed by atoms with Crippen LogP contribution in [0.25, 0.3) is 0 Å². The van der Waals surface area contributed by atoms with E-state index < -0.39 is 0 Å². The molecule has 2 saturated heterocycles. The van der Waals surface area contributed by atoms with E-state index in [1.165, 1.54) is 0 Å². The van der Waals surface area contributed by atoms with E-state index in [1.54, 1.807) is 12.7 Å². The van der Waals surface area contributed by atoms with Crippen molar-refractivity contribution in [2.75, 3.05) is 6.54 Å². The summed E-state index contributed by atoms with van der Waals surface area (Å²) in [7, 11) is 0. The van der Waals surface area contributed by atoms with Gasteiger partial charge in [-0.15, -0.1) is 0 Å². The Morgan fingerprint density at radius 1 is 1.56 bits per heavy atom. The van der Waals surface area contributed by atoms with Gasteiger partial charge in [0.1, 0.15) is 24.8 Å². The average Bonchev–Trinajstić information content (AvgIpc) is 3.02. The number of ether oxygens (including phenoxy) is 1. The monoisotopic (exact) mass is 250 g/mol. The molecule has 98 valence electrons. The molecule has 3 rings (SSSR count). The Balaban J connectivity index is 1.69. The van der Waals surface area contributed by atoms with Crippen LogP contribution in [0.4, 0.5) is 0 Å². The zero-order chi connectivity index (χ0) is 12.5. The molecule has 0 radical (unpaired) electrons. The van der Waals surface area contributed by atoms with Gasteiger partial charge >= 0.3 is 5.97 Å². The highest BCUT2D eigenvalue weighted by Crippen LogP contribution is 2.28. The van der Waals surface area contributed by atoms with Crippen molar-refractivity contribution in [3.05, 3.63) is 12.7 Å². The first-order chi connectivity index (χ1) is 8.74. The fourth-order valence-electron chi connectivity index (χ4n) is 3.01. The van der Waals surface area contributed by atoms with E-state index in [0.717, 1.165) is 32.4 Å². The summed E-state index contributed by atoms with van der Waals surface area (Å²) in [6, 6.07) is 0.311. The molecule has 3 heterocycles. The number of hydrogen-bond acceptors (Lipinski definition) is 5. The van der Waals surface area contributed by atoms with Crippen LogP contribution in [0.3, 0.4) is 0 Å². The Labute approximate surface area is 106 Å². The maximum absolute atomic E-state index is 11.8. The number of hydrogen-bond donors (Lipinski definition) is 0. The zero-order valence-electron chi connectivity index (χ0n) is 10.5. The van der Waals surface area contributed by atoms with Gasteiger partial charge < -0.3 is 4.74 Å². The molecule has 2 aliphatic heterocycles. The number of esters is 1. The summed E-state index contributed by atoms with van der Waals surface area (Å²) in [4.78, 5) is 18.1. The summed E-state index contributed by atoms with van der Waals surface area (Å²) in [5.41, 5.74) is 0. The van der Waals surface area contributed by atoms with Gasteiger partial charge in [0.05, 0.1) is 6.54 Å².